The number of amides is 1. The Balaban J connectivity index is 1.52. The molecule has 0 aliphatic heterocycles. The molecule has 0 fully saturated rings. The third-order valence-electron chi connectivity index (χ3n) is 5.41. The zero-order chi connectivity index (χ0) is 24.8. The summed E-state index contributed by atoms with van der Waals surface area (Å²) in [5.41, 5.74) is 4.02. The van der Waals surface area contributed by atoms with E-state index in [-0.39, 0.29) is 4.90 Å². The number of sulfonamides is 1. The Morgan fingerprint density at radius 1 is 0.857 bits per heavy atom. The number of nitrogens with zero attached hydrogens (tertiary/aromatic N) is 2. The van der Waals surface area contributed by atoms with E-state index in [1.165, 1.54) is 12.1 Å². The fourth-order valence-corrected chi connectivity index (χ4v) is 4.95. The minimum absolute atomic E-state index is 0.104. The Hall–Kier alpha value is -4.04. The third kappa shape index (κ3) is 6.10. The Labute approximate surface area is 204 Å². The first-order chi connectivity index (χ1) is 16.8. The summed E-state index contributed by atoms with van der Waals surface area (Å²) in [6.07, 6.45) is 4.21. The Bertz CT molecular complexity index is 1390. The van der Waals surface area contributed by atoms with Gasteiger partial charge in [0.05, 0.1) is 10.6 Å². The van der Waals surface area contributed by atoms with Gasteiger partial charge in [0.25, 0.3) is 10.0 Å². The Morgan fingerprint density at radius 3 is 2.09 bits per heavy atom. The molecule has 4 aromatic rings. The van der Waals surface area contributed by atoms with Gasteiger partial charge in [0.1, 0.15) is 12.4 Å². The van der Waals surface area contributed by atoms with E-state index in [9.17, 15) is 17.6 Å². The van der Waals surface area contributed by atoms with Crippen LogP contribution in [0.4, 0.5) is 15.8 Å². The highest BCUT2D eigenvalue weighted by atomic mass is 32.2. The van der Waals surface area contributed by atoms with Gasteiger partial charge in [-0.2, -0.15) is 0 Å². The van der Waals surface area contributed by atoms with Gasteiger partial charge in [-0.1, -0.05) is 29.8 Å². The first-order valence-electron chi connectivity index (χ1n) is 10.9. The van der Waals surface area contributed by atoms with Crippen LogP contribution in [0.2, 0.25) is 0 Å². The van der Waals surface area contributed by atoms with Crippen molar-refractivity contribution in [3.8, 4) is 0 Å². The maximum atomic E-state index is 13.4. The summed E-state index contributed by atoms with van der Waals surface area (Å²) >= 11 is 0. The molecule has 6 nitrogen and oxygen atoms in total. The molecule has 0 aliphatic carbocycles. The fraction of sp³-hybridized carbons (Fsp3) is 0.111. The standard InChI is InChI=1S/C27H24FN3O3S/c1-20-2-10-25(11-3-20)31(35(33,34)26-12-6-23(28)7-13-26)19-27(32)30-24-8-4-21(5-9-24)18-22-14-16-29-17-15-22/h2-17H,18-19H2,1H3,(H,30,32). The molecular weight excluding hydrogens is 465 g/mol. The van der Waals surface area contributed by atoms with Crippen LogP contribution in [0.5, 0.6) is 0 Å². The van der Waals surface area contributed by atoms with Crippen molar-refractivity contribution in [2.24, 2.45) is 0 Å². The third-order valence-corrected chi connectivity index (χ3v) is 7.19. The van der Waals surface area contributed by atoms with Crippen molar-refractivity contribution >= 4 is 27.3 Å². The molecule has 3 aromatic carbocycles. The monoisotopic (exact) mass is 489 g/mol. The topological polar surface area (TPSA) is 79.4 Å². The smallest absolute Gasteiger partial charge is 0.264 e. The molecule has 35 heavy (non-hydrogen) atoms. The molecule has 0 radical (unpaired) electrons. The summed E-state index contributed by atoms with van der Waals surface area (Å²) in [6.45, 7) is 1.44. The maximum absolute atomic E-state index is 13.4. The fourth-order valence-electron chi connectivity index (χ4n) is 3.53. The largest absolute Gasteiger partial charge is 0.325 e. The van der Waals surface area contributed by atoms with Crippen molar-refractivity contribution in [1.29, 1.82) is 0 Å². The van der Waals surface area contributed by atoms with Gasteiger partial charge < -0.3 is 5.32 Å². The summed E-state index contributed by atoms with van der Waals surface area (Å²) in [6, 6.07) is 22.6. The van der Waals surface area contributed by atoms with Crippen molar-refractivity contribution in [3.05, 3.63) is 120 Å². The molecule has 1 heterocycles. The Morgan fingerprint density at radius 2 is 1.46 bits per heavy atom. The number of rotatable bonds is 8. The number of aryl methyl sites for hydroxylation is 1. The molecule has 1 N–H and O–H groups in total. The van der Waals surface area contributed by atoms with E-state index >= 15 is 0 Å². The second-order valence-corrected chi connectivity index (χ2v) is 9.94. The predicted molar refractivity (Wildman–Crippen MR) is 134 cm³/mol. The number of nitrogens with one attached hydrogen (secondary N) is 1. The minimum Gasteiger partial charge on any atom is -0.325 e. The second-order valence-electron chi connectivity index (χ2n) is 8.08. The average Bonchev–Trinajstić information content (AvgIpc) is 2.85. The number of carbonyl (C=O) groups is 1. The molecule has 1 aromatic heterocycles. The highest BCUT2D eigenvalue weighted by Gasteiger charge is 2.27. The highest BCUT2D eigenvalue weighted by Crippen LogP contribution is 2.24. The van der Waals surface area contributed by atoms with Crippen LogP contribution >= 0.6 is 0 Å². The summed E-state index contributed by atoms with van der Waals surface area (Å²) in [4.78, 5) is 16.8. The van der Waals surface area contributed by atoms with Crippen LogP contribution in [0.3, 0.4) is 0 Å². The second kappa shape index (κ2) is 10.5. The van der Waals surface area contributed by atoms with E-state index in [2.05, 4.69) is 10.3 Å². The lowest BCUT2D eigenvalue weighted by molar-refractivity contribution is -0.114. The highest BCUT2D eigenvalue weighted by molar-refractivity contribution is 7.92. The van der Waals surface area contributed by atoms with Gasteiger partial charge in [-0.05, 0) is 85.1 Å². The van der Waals surface area contributed by atoms with Crippen LogP contribution in [-0.2, 0) is 21.2 Å². The van der Waals surface area contributed by atoms with Gasteiger partial charge in [-0.25, -0.2) is 12.8 Å². The first-order valence-corrected chi connectivity index (χ1v) is 12.4. The van der Waals surface area contributed by atoms with Gasteiger partial charge in [-0.3, -0.25) is 14.1 Å². The van der Waals surface area contributed by atoms with Crippen LogP contribution in [0.15, 0.2) is 102 Å². The van der Waals surface area contributed by atoms with Crippen LogP contribution in [0.25, 0.3) is 0 Å². The van der Waals surface area contributed by atoms with Crippen LogP contribution in [0.1, 0.15) is 16.7 Å². The quantitative estimate of drug-likeness (QED) is 0.380. The van der Waals surface area contributed by atoms with Crippen molar-refractivity contribution in [2.75, 3.05) is 16.2 Å². The maximum Gasteiger partial charge on any atom is 0.264 e. The van der Waals surface area contributed by atoms with Crippen molar-refractivity contribution in [3.63, 3.8) is 0 Å². The number of aromatic nitrogens is 1. The van der Waals surface area contributed by atoms with Crippen LogP contribution < -0.4 is 9.62 Å². The number of pyridine rings is 1. The van der Waals surface area contributed by atoms with Crippen LogP contribution in [-0.4, -0.2) is 25.9 Å². The molecule has 0 atom stereocenters. The number of hydrogen-bond donors (Lipinski definition) is 1. The lowest BCUT2D eigenvalue weighted by atomic mass is 10.1. The van der Waals surface area contributed by atoms with Crippen molar-refractivity contribution in [1.82, 2.24) is 4.98 Å². The van der Waals surface area contributed by atoms with Crippen molar-refractivity contribution < 1.29 is 17.6 Å². The van der Waals surface area contributed by atoms with E-state index in [0.29, 0.717) is 11.4 Å². The van der Waals surface area contributed by atoms with Crippen LogP contribution in [0, 0.1) is 12.7 Å². The number of benzene rings is 3. The molecular formula is C27H24FN3O3S. The van der Waals surface area contributed by atoms with Gasteiger partial charge >= 0.3 is 0 Å². The minimum atomic E-state index is -4.11. The van der Waals surface area contributed by atoms with E-state index in [1.807, 2.05) is 31.2 Å². The summed E-state index contributed by atoms with van der Waals surface area (Å²) in [5, 5.41) is 2.76. The van der Waals surface area contributed by atoms with Gasteiger partial charge in [0, 0.05) is 18.1 Å². The van der Waals surface area contributed by atoms with E-state index in [1.54, 1.807) is 48.8 Å². The summed E-state index contributed by atoms with van der Waals surface area (Å²) in [7, 11) is -4.11. The lowest BCUT2D eigenvalue weighted by Gasteiger charge is -2.24. The molecule has 0 aliphatic rings. The first kappa shape index (κ1) is 24.1. The molecule has 0 saturated heterocycles. The number of hydrogen-bond acceptors (Lipinski definition) is 4. The molecule has 0 unspecified atom stereocenters. The van der Waals surface area contributed by atoms with Gasteiger partial charge in [0.15, 0.2) is 0 Å². The van der Waals surface area contributed by atoms with Gasteiger partial charge in [-0.15, -0.1) is 0 Å². The van der Waals surface area contributed by atoms with E-state index in [4.69, 9.17) is 0 Å². The summed E-state index contributed by atoms with van der Waals surface area (Å²) in [5.74, 6) is -1.05. The van der Waals surface area contributed by atoms with Crippen molar-refractivity contribution in [2.45, 2.75) is 18.2 Å². The summed E-state index contributed by atoms with van der Waals surface area (Å²) < 4.78 is 41.1. The number of anilines is 2. The Kier molecular flexibility index (Phi) is 7.22. The molecule has 178 valence electrons. The molecule has 4 rings (SSSR count). The zero-order valence-corrected chi connectivity index (χ0v) is 19.9. The normalized spacial score (nSPS) is 11.1. The van der Waals surface area contributed by atoms with Gasteiger partial charge in [0.2, 0.25) is 5.91 Å². The molecule has 8 heteroatoms. The van der Waals surface area contributed by atoms with E-state index < -0.39 is 28.3 Å². The predicted octanol–water partition coefficient (Wildman–Crippen LogP) is 4.95. The molecule has 0 saturated carbocycles. The zero-order valence-electron chi connectivity index (χ0n) is 19.1. The number of halogens is 1. The molecule has 0 bridgehead atoms. The molecule has 0 spiro atoms. The number of carbonyl (C=O) groups excluding carboxylic acids is 1. The SMILES string of the molecule is Cc1ccc(N(CC(=O)Nc2ccc(Cc3ccncc3)cc2)S(=O)(=O)c2ccc(F)cc2)cc1. The average molecular weight is 490 g/mol. The lowest BCUT2D eigenvalue weighted by Crippen LogP contribution is -2.38. The molecule has 1 amide bonds. The van der Waals surface area contributed by atoms with E-state index in [0.717, 1.165) is 39.5 Å².